The van der Waals surface area contributed by atoms with E-state index in [9.17, 15) is 13.6 Å². The zero-order chi connectivity index (χ0) is 12.3. The molecule has 88 valence electrons. The van der Waals surface area contributed by atoms with Gasteiger partial charge in [0.2, 0.25) is 0 Å². The molecule has 1 aromatic carbocycles. The maximum Gasteiger partial charge on any atom is 0.264 e. The molecule has 1 unspecified atom stereocenters. The Morgan fingerprint density at radius 1 is 1.50 bits per heavy atom. The summed E-state index contributed by atoms with van der Waals surface area (Å²) in [6.07, 6.45) is -2.67. The lowest BCUT2D eigenvalue weighted by molar-refractivity contribution is 0.0982. The second-order valence-electron chi connectivity index (χ2n) is 3.34. The quantitative estimate of drug-likeness (QED) is 0.597. The van der Waals surface area contributed by atoms with Crippen molar-refractivity contribution >= 4 is 33.3 Å². The van der Waals surface area contributed by atoms with Crippen molar-refractivity contribution in [3.8, 4) is 0 Å². The van der Waals surface area contributed by atoms with Crippen molar-refractivity contribution in [3.05, 3.63) is 34.9 Å². The summed E-state index contributed by atoms with van der Waals surface area (Å²) in [4.78, 5) is 11.2. The van der Waals surface area contributed by atoms with Gasteiger partial charge in [0.05, 0.1) is 4.83 Å². The minimum atomic E-state index is -2.67. The fourth-order valence-electron chi connectivity index (χ4n) is 1.31. The van der Waals surface area contributed by atoms with Gasteiger partial charge in [-0.05, 0) is 18.6 Å². The van der Waals surface area contributed by atoms with Gasteiger partial charge < -0.3 is 0 Å². The second-order valence-corrected chi connectivity index (χ2v) is 4.98. The largest absolute Gasteiger partial charge is 0.293 e. The fraction of sp³-hybridized carbons (Fsp3) is 0.364. The third-order valence-corrected chi connectivity index (χ3v) is 2.86. The number of ketones is 1. The van der Waals surface area contributed by atoms with Crippen LogP contribution in [0, 0.1) is 0 Å². The first-order valence-corrected chi connectivity index (χ1v) is 6.07. The van der Waals surface area contributed by atoms with Crippen LogP contribution in [0.15, 0.2) is 18.2 Å². The second kappa shape index (κ2) is 5.73. The third kappa shape index (κ3) is 3.01. The average molecular weight is 312 g/mol. The molecule has 0 aliphatic carbocycles. The van der Waals surface area contributed by atoms with Crippen LogP contribution in [-0.2, 0) is 5.88 Å². The van der Waals surface area contributed by atoms with Gasteiger partial charge in [-0.15, -0.1) is 11.6 Å². The number of carbonyl (C=O) groups is 1. The van der Waals surface area contributed by atoms with Crippen molar-refractivity contribution < 1.29 is 13.6 Å². The molecule has 0 aromatic heterocycles. The molecule has 0 radical (unpaired) electrons. The molecule has 0 bridgehead atoms. The molecule has 0 amide bonds. The highest BCUT2D eigenvalue weighted by molar-refractivity contribution is 9.10. The summed E-state index contributed by atoms with van der Waals surface area (Å²) in [5.41, 5.74) is 0.374. The molecule has 0 saturated carbocycles. The van der Waals surface area contributed by atoms with E-state index in [-0.39, 0.29) is 22.8 Å². The van der Waals surface area contributed by atoms with Gasteiger partial charge in [-0.3, -0.25) is 4.79 Å². The average Bonchev–Trinajstić information content (AvgIpc) is 2.26. The maximum atomic E-state index is 12.8. The van der Waals surface area contributed by atoms with Crippen molar-refractivity contribution in [1.82, 2.24) is 0 Å². The Kier molecular flexibility index (Phi) is 4.87. The number of rotatable bonds is 4. The lowest BCUT2D eigenvalue weighted by atomic mass is 10.00. The van der Waals surface area contributed by atoms with E-state index in [0.29, 0.717) is 5.56 Å². The standard InChI is InChI=1S/C11H10BrClF2O/c1-6(12)10(16)8-3-2-7(5-13)4-9(8)11(14)15/h2-4,6,11H,5H2,1H3. The molecular weight excluding hydrogens is 301 g/mol. The van der Waals surface area contributed by atoms with Crippen molar-refractivity contribution in [2.45, 2.75) is 24.1 Å². The smallest absolute Gasteiger partial charge is 0.264 e. The van der Waals surface area contributed by atoms with Gasteiger partial charge in [-0.25, -0.2) is 8.78 Å². The molecule has 0 spiro atoms. The molecule has 1 rings (SSSR count). The summed E-state index contributed by atoms with van der Waals surface area (Å²) in [6.45, 7) is 1.60. The molecule has 0 N–H and O–H groups in total. The minimum Gasteiger partial charge on any atom is -0.293 e. The van der Waals surface area contributed by atoms with Crippen LogP contribution in [-0.4, -0.2) is 10.6 Å². The van der Waals surface area contributed by atoms with Crippen LogP contribution in [0.2, 0.25) is 0 Å². The Labute approximate surface area is 106 Å². The molecular formula is C11H10BrClF2O. The number of carbonyl (C=O) groups excluding carboxylic acids is 1. The Balaban J connectivity index is 3.23. The van der Waals surface area contributed by atoms with E-state index in [1.807, 2.05) is 0 Å². The summed E-state index contributed by atoms with van der Waals surface area (Å²) in [5, 5.41) is 0. The first kappa shape index (κ1) is 13.6. The zero-order valence-electron chi connectivity index (χ0n) is 8.51. The van der Waals surface area contributed by atoms with Crippen molar-refractivity contribution in [1.29, 1.82) is 0 Å². The number of Topliss-reactive ketones (excluding diaryl/α,β-unsaturated/α-hetero) is 1. The molecule has 0 fully saturated rings. The summed E-state index contributed by atoms with van der Waals surface area (Å²) in [5.74, 6) is -0.200. The molecule has 5 heteroatoms. The third-order valence-electron chi connectivity index (χ3n) is 2.13. The molecule has 1 aromatic rings. The first-order chi connectivity index (χ1) is 7.47. The molecule has 1 nitrogen and oxygen atoms in total. The van der Waals surface area contributed by atoms with Gasteiger partial charge in [0.1, 0.15) is 0 Å². The predicted molar refractivity (Wildman–Crippen MR) is 63.7 cm³/mol. The lowest BCUT2D eigenvalue weighted by Crippen LogP contribution is -2.13. The van der Waals surface area contributed by atoms with Crippen LogP contribution in [0.25, 0.3) is 0 Å². The minimum absolute atomic E-state index is 0.0493. The Bertz CT molecular complexity index is 394. The van der Waals surface area contributed by atoms with Crippen LogP contribution >= 0.6 is 27.5 Å². The molecule has 0 aliphatic rings. The van der Waals surface area contributed by atoms with Crippen LogP contribution in [0.4, 0.5) is 8.78 Å². The summed E-state index contributed by atoms with van der Waals surface area (Å²) < 4.78 is 25.5. The topological polar surface area (TPSA) is 17.1 Å². The predicted octanol–water partition coefficient (Wildman–Crippen LogP) is 4.33. The van der Waals surface area contributed by atoms with Gasteiger partial charge in [-0.1, -0.05) is 28.1 Å². The van der Waals surface area contributed by atoms with E-state index in [1.165, 1.54) is 12.1 Å². The molecule has 0 saturated heterocycles. The van der Waals surface area contributed by atoms with Crippen LogP contribution < -0.4 is 0 Å². The zero-order valence-corrected chi connectivity index (χ0v) is 10.9. The SMILES string of the molecule is CC(Br)C(=O)c1ccc(CCl)cc1C(F)F. The van der Waals surface area contributed by atoms with Gasteiger partial charge in [-0.2, -0.15) is 0 Å². The van der Waals surface area contributed by atoms with E-state index in [4.69, 9.17) is 11.6 Å². The van der Waals surface area contributed by atoms with Crippen molar-refractivity contribution in [2.24, 2.45) is 0 Å². The van der Waals surface area contributed by atoms with Crippen LogP contribution in [0.5, 0.6) is 0 Å². The van der Waals surface area contributed by atoms with Crippen molar-refractivity contribution in [2.75, 3.05) is 0 Å². The lowest BCUT2D eigenvalue weighted by Gasteiger charge is -2.10. The van der Waals surface area contributed by atoms with Crippen molar-refractivity contribution in [3.63, 3.8) is 0 Å². The first-order valence-electron chi connectivity index (χ1n) is 4.62. The van der Waals surface area contributed by atoms with Gasteiger partial charge in [0.25, 0.3) is 6.43 Å². The Morgan fingerprint density at radius 2 is 2.12 bits per heavy atom. The summed E-state index contributed by atoms with van der Waals surface area (Å²) >= 11 is 8.63. The van der Waals surface area contributed by atoms with E-state index in [2.05, 4.69) is 15.9 Å². The maximum absolute atomic E-state index is 12.8. The number of benzene rings is 1. The highest BCUT2D eigenvalue weighted by Gasteiger charge is 2.21. The van der Waals surface area contributed by atoms with E-state index < -0.39 is 11.3 Å². The van der Waals surface area contributed by atoms with E-state index >= 15 is 0 Å². The molecule has 0 aliphatic heterocycles. The fourth-order valence-corrected chi connectivity index (χ4v) is 1.73. The molecule has 1 atom stereocenters. The monoisotopic (exact) mass is 310 g/mol. The summed E-state index contributed by atoms with van der Waals surface area (Å²) in [7, 11) is 0. The van der Waals surface area contributed by atoms with Crippen LogP contribution in [0.1, 0.15) is 34.8 Å². The Hall–Kier alpha value is -0.480. The van der Waals surface area contributed by atoms with Gasteiger partial charge in [0, 0.05) is 17.0 Å². The number of hydrogen-bond donors (Lipinski definition) is 0. The number of hydrogen-bond acceptors (Lipinski definition) is 1. The highest BCUT2D eigenvalue weighted by Crippen LogP contribution is 2.26. The van der Waals surface area contributed by atoms with Gasteiger partial charge >= 0.3 is 0 Å². The van der Waals surface area contributed by atoms with E-state index in [0.717, 1.165) is 0 Å². The normalized spacial score (nSPS) is 12.9. The Morgan fingerprint density at radius 3 is 2.56 bits per heavy atom. The van der Waals surface area contributed by atoms with Gasteiger partial charge in [0.15, 0.2) is 5.78 Å². The summed E-state index contributed by atoms with van der Waals surface area (Å²) in [6, 6.07) is 4.26. The molecule has 0 heterocycles. The molecule has 16 heavy (non-hydrogen) atoms. The number of alkyl halides is 4. The number of halogens is 4. The highest BCUT2D eigenvalue weighted by atomic mass is 79.9. The van der Waals surface area contributed by atoms with E-state index in [1.54, 1.807) is 13.0 Å². The van der Waals surface area contributed by atoms with Crippen LogP contribution in [0.3, 0.4) is 0 Å².